The molecule has 2 amide bonds. The Morgan fingerprint density at radius 1 is 1.03 bits per heavy atom. The molecule has 2 fully saturated rings. The summed E-state index contributed by atoms with van der Waals surface area (Å²) in [6.07, 6.45) is 4.74. The van der Waals surface area contributed by atoms with Crippen LogP contribution in [0.15, 0.2) is 48.5 Å². The number of benzene rings is 2. The van der Waals surface area contributed by atoms with Crippen molar-refractivity contribution in [3.8, 4) is 0 Å². The third-order valence-corrected chi connectivity index (χ3v) is 7.15. The van der Waals surface area contributed by atoms with Gasteiger partial charge in [-0.3, -0.25) is 9.59 Å². The summed E-state index contributed by atoms with van der Waals surface area (Å²) >= 11 is 0. The molecule has 3 atom stereocenters. The van der Waals surface area contributed by atoms with Crippen LogP contribution in [-0.4, -0.2) is 29.8 Å². The van der Waals surface area contributed by atoms with Crippen molar-refractivity contribution in [3.63, 3.8) is 0 Å². The number of carbonyl (C=O) groups is 2. The molecule has 1 N–H and O–H groups in total. The summed E-state index contributed by atoms with van der Waals surface area (Å²) in [5.74, 6) is -0.244. The van der Waals surface area contributed by atoms with Crippen molar-refractivity contribution >= 4 is 11.8 Å². The molecule has 1 aliphatic carbocycles. The van der Waals surface area contributed by atoms with Crippen LogP contribution in [0.1, 0.15) is 67.7 Å². The van der Waals surface area contributed by atoms with E-state index in [0.29, 0.717) is 25.1 Å². The molecule has 5 heteroatoms. The quantitative estimate of drug-likeness (QED) is 0.706. The topological polar surface area (TPSA) is 49.4 Å². The number of piperidine rings is 1. The average Bonchev–Trinajstić information content (AvgIpc) is 3.35. The van der Waals surface area contributed by atoms with Crippen molar-refractivity contribution in [2.24, 2.45) is 11.8 Å². The van der Waals surface area contributed by atoms with Crippen LogP contribution in [0.25, 0.3) is 0 Å². The summed E-state index contributed by atoms with van der Waals surface area (Å²) < 4.78 is 13.9. The number of carbonyl (C=O) groups excluding carboxylic acids is 2. The molecule has 4 nitrogen and oxygen atoms in total. The van der Waals surface area contributed by atoms with Crippen molar-refractivity contribution in [2.45, 2.75) is 57.9 Å². The van der Waals surface area contributed by atoms with Crippen molar-refractivity contribution in [3.05, 3.63) is 71.0 Å². The molecule has 1 saturated heterocycles. The minimum atomic E-state index is -0.282. The smallest absolute Gasteiger partial charge is 0.225 e. The number of aryl methyl sites for hydroxylation is 1. The fourth-order valence-corrected chi connectivity index (χ4v) is 5.22. The largest absolute Gasteiger partial charge is 0.349 e. The molecular weight excluding hydrogens is 403 g/mol. The zero-order valence-corrected chi connectivity index (χ0v) is 19.0. The molecular formula is C27H33FN2O2. The van der Waals surface area contributed by atoms with Crippen LogP contribution in [0.4, 0.5) is 4.39 Å². The zero-order chi connectivity index (χ0) is 22.7. The van der Waals surface area contributed by atoms with Crippen LogP contribution in [0, 0.1) is 24.6 Å². The number of hydrogen-bond donors (Lipinski definition) is 1. The normalized spacial score (nSPS) is 22.5. The highest BCUT2D eigenvalue weighted by Gasteiger charge is 2.37. The molecule has 2 aromatic rings. The number of rotatable bonds is 5. The van der Waals surface area contributed by atoms with Gasteiger partial charge in [0.2, 0.25) is 11.8 Å². The highest BCUT2D eigenvalue weighted by atomic mass is 19.1. The second kappa shape index (κ2) is 9.85. The number of halogens is 1. The molecule has 1 aliphatic heterocycles. The van der Waals surface area contributed by atoms with Crippen molar-refractivity contribution < 1.29 is 14.0 Å². The van der Waals surface area contributed by atoms with E-state index in [1.54, 1.807) is 13.0 Å². The first-order valence-corrected chi connectivity index (χ1v) is 11.8. The van der Waals surface area contributed by atoms with E-state index in [1.807, 2.05) is 48.2 Å². The lowest BCUT2D eigenvalue weighted by molar-refractivity contribution is -0.139. The fourth-order valence-electron chi connectivity index (χ4n) is 5.22. The van der Waals surface area contributed by atoms with Crippen LogP contribution >= 0.6 is 0 Å². The van der Waals surface area contributed by atoms with Gasteiger partial charge in [-0.25, -0.2) is 4.39 Å². The molecule has 32 heavy (non-hydrogen) atoms. The SMILES string of the molecule is Cc1cc(C2CC(C(=O)NC(C)c3ccccc3)CN(C(=O)C3CCCC3)C2)ccc1F. The lowest BCUT2D eigenvalue weighted by Gasteiger charge is -2.39. The van der Waals surface area contributed by atoms with Gasteiger partial charge in [0.25, 0.3) is 0 Å². The summed E-state index contributed by atoms with van der Waals surface area (Å²) in [4.78, 5) is 28.4. The monoisotopic (exact) mass is 436 g/mol. The third kappa shape index (κ3) is 5.03. The molecule has 0 bridgehead atoms. The van der Waals surface area contributed by atoms with E-state index < -0.39 is 0 Å². The van der Waals surface area contributed by atoms with Crippen molar-refractivity contribution in [1.29, 1.82) is 0 Å². The Bertz CT molecular complexity index is 955. The Balaban J connectivity index is 1.53. The average molecular weight is 437 g/mol. The maximum atomic E-state index is 13.9. The van der Waals surface area contributed by atoms with Crippen molar-refractivity contribution in [2.75, 3.05) is 13.1 Å². The van der Waals surface area contributed by atoms with Gasteiger partial charge in [0, 0.05) is 24.9 Å². The Kier molecular flexibility index (Phi) is 6.92. The molecule has 170 valence electrons. The van der Waals surface area contributed by atoms with Crippen LogP contribution in [0.5, 0.6) is 0 Å². The van der Waals surface area contributed by atoms with Crippen LogP contribution < -0.4 is 5.32 Å². The van der Waals surface area contributed by atoms with Crippen LogP contribution in [-0.2, 0) is 9.59 Å². The van der Waals surface area contributed by atoms with Gasteiger partial charge < -0.3 is 10.2 Å². The highest BCUT2D eigenvalue weighted by molar-refractivity contribution is 5.83. The number of likely N-dealkylation sites (tertiary alicyclic amines) is 1. The van der Waals surface area contributed by atoms with Gasteiger partial charge in [0.15, 0.2) is 0 Å². The highest BCUT2D eigenvalue weighted by Crippen LogP contribution is 2.34. The summed E-state index contributed by atoms with van der Waals surface area (Å²) in [5, 5.41) is 3.15. The lowest BCUT2D eigenvalue weighted by Crippen LogP contribution is -2.49. The maximum absolute atomic E-state index is 13.9. The Labute approximate surface area is 190 Å². The van der Waals surface area contributed by atoms with E-state index in [9.17, 15) is 14.0 Å². The molecule has 2 aromatic carbocycles. The fraction of sp³-hybridized carbons (Fsp3) is 0.481. The molecule has 4 rings (SSSR count). The van der Waals surface area contributed by atoms with Gasteiger partial charge >= 0.3 is 0 Å². The Morgan fingerprint density at radius 3 is 2.44 bits per heavy atom. The molecule has 0 aromatic heterocycles. The summed E-state index contributed by atoms with van der Waals surface area (Å²) in [6, 6.07) is 15.0. The van der Waals surface area contributed by atoms with Gasteiger partial charge in [-0.2, -0.15) is 0 Å². The minimum Gasteiger partial charge on any atom is -0.349 e. The minimum absolute atomic E-state index is 0.0193. The van der Waals surface area contributed by atoms with Gasteiger partial charge in [-0.1, -0.05) is 55.3 Å². The number of hydrogen-bond acceptors (Lipinski definition) is 2. The Hall–Kier alpha value is -2.69. The second-order valence-corrected chi connectivity index (χ2v) is 9.50. The zero-order valence-electron chi connectivity index (χ0n) is 19.0. The van der Waals surface area contributed by atoms with E-state index in [-0.39, 0.29) is 41.4 Å². The molecule has 2 aliphatic rings. The molecule has 0 spiro atoms. The van der Waals surface area contributed by atoms with Crippen LogP contribution in [0.2, 0.25) is 0 Å². The predicted octanol–water partition coefficient (Wildman–Crippen LogP) is 5.13. The van der Waals surface area contributed by atoms with Gasteiger partial charge in [-0.15, -0.1) is 0 Å². The molecule has 1 saturated carbocycles. The molecule has 0 radical (unpaired) electrons. The molecule has 1 heterocycles. The van der Waals surface area contributed by atoms with Gasteiger partial charge in [0.1, 0.15) is 5.82 Å². The van der Waals surface area contributed by atoms with E-state index >= 15 is 0 Å². The first kappa shape index (κ1) is 22.5. The van der Waals surface area contributed by atoms with Gasteiger partial charge in [-0.05, 0) is 55.9 Å². The predicted molar refractivity (Wildman–Crippen MR) is 124 cm³/mol. The van der Waals surface area contributed by atoms with Crippen molar-refractivity contribution in [1.82, 2.24) is 10.2 Å². The number of nitrogens with one attached hydrogen (secondary N) is 1. The van der Waals surface area contributed by atoms with Crippen LogP contribution in [0.3, 0.4) is 0 Å². The van der Waals surface area contributed by atoms with E-state index in [4.69, 9.17) is 0 Å². The van der Waals surface area contributed by atoms with E-state index in [1.165, 1.54) is 6.07 Å². The second-order valence-electron chi connectivity index (χ2n) is 9.50. The number of nitrogens with zero attached hydrogens (tertiary/aromatic N) is 1. The maximum Gasteiger partial charge on any atom is 0.225 e. The third-order valence-electron chi connectivity index (χ3n) is 7.15. The summed E-state index contributed by atoms with van der Waals surface area (Å²) in [5.41, 5.74) is 2.66. The first-order chi connectivity index (χ1) is 15.4. The lowest BCUT2D eigenvalue weighted by atomic mass is 9.83. The van der Waals surface area contributed by atoms with E-state index in [0.717, 1.165) is 36.8 Å². The summed E-state index contributed by atoms with van der Waals surface area (Å²) in [6.45, 7) is 4.80. The molecule has 3 unspecified atom stereocenters. The Morgan fingerprint density at radius 2 is 1.75 bits per heavy atom. The summed E-state index contributed by atoms with van der Waals surface area (Å²) in [7, 11) is 0. The first-order valence-electron chi connectivity index (χ1n) is 11.8. The van der Waals surface area contributed by atoms with Gasteiger partial charge in [0.05, 0.1) is 12.0 Å². The number of amides is 2. The standard InChI is InChI=1S/C27H33FN2O2/c1-18-14-22(12-13-25(18)28)23-15-24(17-30(16-23)27(32)21-10-6-7-11-21)26(31)29-19(2)20-8-4-3-5-9-20/h3-5,8-9,12-14,19,21,23-24H,6-7,10-11,15-17H2,1-2H3,(H,29,31). The van der Waals surface area contributed by atoms with E-state index in [2.05, 4.69) is 5.32 Å².